The summed E-state index contributed by atoms with van der Waals surface area (Å²) in [5.41, 5.74) is 1.38. The van der Waals surface area contributed by atoms with Crippen molar-refractivity contribution in [1.29, 1.82) is 0 Å². The van der Waals surface area contributed by atoms with Crippen molar-refractivity contribution >= 4 is 59.2 Å². The Morgan fingerprint density at radius 1 is 1.15 bits per heavy atom. The summed E-state index contributed by atoms with van der Waals surface area (Å²) in [6.45, 7) is 1.87. The van der Waals surface area contributed by atoms with Gasteiger partial charge in [-0.15, -0.1) is 0 Å². The maximum Gasteiger partial charge on any atom is 0.265 e. The zero-order chi connectivity index (χ0) is 14.9. The number of rotatable bonds is 3. The van der Waals surface area contributed by atoms with Gasteiger partial charge in [-0.05, 0) is 52.7 Å². The number of hydrogen-bond donors (Lipinski definition) is 1. The highest BCUT2D eigenvalue weighted by Crippen LogP contribution is 2.26. The van der Waals surface area contributed by atoms with Gasteiger partial charge >= 0.3 is 0 Å². The van der Waals surface area contributed by atoms with E-state index in [2.05, 4.69) is 41.6 Å². The predicted octanol–water partition coefficient (Wildman–Crippen LogP) is 4.37. The van der Waals surface area contributed by atoms with Crippen LogP contribution in [0.5, 0.6) is 0 Å². The van der Waals surface area contributed by atoms with Crippen molar-refractivity contribution in [1.82, 2.24) is 4.98 Å². The molecule has 0 saturated carbocycles. The average molecular weight is 441 g/mol. The van der Waals surface area contributed by atoms with E-state index in [1.807, 2.05) is 13.0 Å². The number of nitrogens with zero attached hydrogens (tertiary/aromatic N) is 1. The summed E-state index contributed by atoms with van der Waals surface area (Å²) in [7, 11) is -3.80. The molecular formula is C12H9Br2ClN2O2S. The molecular weight excluding hydrogens is 431 g/mol. The van der Waals surface area contributed by atoms with E-state index < -0.39 is 10.0 Å². The molecule has 2 aromatic rings. The second kappa shape index (κ2) is 6.01. The van der Waals surface area contributed by atoms with Gasteiger partial charge in [-0.2, -0.15) is 0 Å². The lowest BCUT2D eigenvalue weighted by molar-refractivity contribution is 0.601. The summed E-state index contributed by atoms with van der Waals surface area (Å²) in [5, 5.41) is -0.0765. The first-order valence-corrected chi connectivity index (χ1v) is 8.84. The van der Waals surface area contributed by atoms with E-state index in [1.54, 1.807) is 12.1 Å². The topological polar surface area (TPSA) is 59.1 Å². The third-order valence-corrected chi connectivity index (χ3v) is 5.06. The minimum absolute atomic E-state index is 0.0765. The summed E-state index contributed by atoms with van der Waals surface area (Å²) >= 11 is 12.3. The van der Waals surface area contributed by atoms with Crippen LogP contribution in [0.4, 0.5) is 5.69 Å². The van der Waals surface area contributed by atoms with Gasteiger partial charge in [0.05, 0.1) is 5.69 Å². The second-order valence-corrected chi connectivity index (χ2v) is 7.91. The standard InChI is InChI=1S/C12H9Br2ClN2O2S/c1-7-2-8(13)4-10(3-7)17-20(18,19)11-5-9(14)6-16-12(11)15/h2-6,17H,1H3. The smallest absolute Gasteiger partial charge is 0.265 e. The van der Waals surface area contributed by atoms with Gasteiger partial charge < -0.3 is 0 Å². The minimum Gasteiger partial charge on any atom is -0.279 e. The van der Waals surface area contributed by atoms with Crippen molar-refractivity contribution < 1.29 is 8.42 Å². The molecule has 0 saturated heterocycles. The number of pyridine rings is 1. The Bertz CT molecular complexity index is 746. The highest BCUT2D eigenvalue weighted by molar-refractivity contribution is 9.10. The van der Waals surface area contributed by atoms with E-state index >= 15 is 0 Å². The molecule has 1 N–H and O–H groups in total. The first-order chi connectivity index (χ1) is 9.28. The molecule has 106 valence electrons. The van der Waals surface area contributed by atoms with Crippen LogP contribution in [-0.4, -0.2) is 13.4 Å². The monoisotopic (exact) mass is 438 g/mol. The molecule has 8 heteroatoms. The van der Waals surface area contributed by atoms with Gasteiger partial charge in [-0.1, -0.05) is 27.5 Å². The summed E-state index contributed by atoms with van der Waals surface area (Å²) in [5.74, 6) is 0. The largest absolute Gasteiger partial charge is 0.279 e. The van der Waals surface area contributed by atoms with Crippen LogP contribution in [0.3, 0.4) is 0 Å². The van der Waals surface area contributed by atoms with Crippen LogP contribution >= 0.6 is 43.5 Å². The van der Waals surface area contributed by atoms with Crippen molar-refractivity contribution in [2.75, 3.05) is 4.72 Å². The zero-order valence-corrected chi connectivity index (χ0v) is 14.9. The number of anilines is 1. The van der Waals surface area contributed by atoms with Gasteiger partial charge in [0, 0.05) is 15.1 Å². The lowest BCUT2D eigenvalue weighted by atomic mass is 10.2. The van der Waals surface area contributed by atoms with E-state index in [-0.39, 0.29) is 10.0 Å². The fourth-order valence-electron chi connectivity index (χ4n) is 1.60. The Kier molecular flexibility index (Phi) is 4.73. The van der Waals surface area contributed by atoms with Crippen LogP contribution < -0.4 is 4.72 Å². The third kappa shape index (κ3) is 3.72. The van der Waals surface area contributed by atoms with Gasteiger partial charge in [-0.3, -0.25) is 4.72 Å². The molecule has 0 atom stereocenters. The summed E-state index contributed by atoms with van der Waals surface area (Å²) in [6, 6.07) is 6.68. The molecule has 0 spiro atoms. The molecule has 0 aliphatic rings. The molecule has 1 aromatic carbocycles. The van der Waals surface area contributed by atoms with Crippen LogP contribution in [0.15, 0.2) is 44.3 Å². The molecule has 0 aliphatic carbocycles. The number of hydrogen-bond acceptors (Lipinski definition) is 3. The summed E-state index contributed by atoms with van der Waals surface area (Å²) < 4.78 is 28.5. The van der Waals surface area contributed by atoms with Gasteiger partial charge in [0.2, 0.25) is 0 Å². The number of aryl methyl sites for hydroxylation is 1. The Balaban J connectivity index is 2.43. The minimum atomic E-state index is -3.80. The van der Waals surface area contributed by atoms with Crippen LogP contribution in [-0.2, 0) is 10.0 Å². The van der Waals surface area contributed by atoms with E-state index in [1.165, 1.54) is 12.3 Å². The Morgan fingerprint density at radius 3 is 2.50 bits per heavy atom. The number of aromatic nitrogens is 1. The van der Waals surface area contributed by atoms with Gasteiger partial charge in [0.1, 0.15) is 10.0 Å². The maximum atomic E-state index is 12.3. The predicted molar refractivity (Wildman–Crippen MR) is 86.6 cm³/mol. The van der Waals surface area contributed by atoms with E-state index in [4.69, 9.17) is 11.6 Å². The molecule has 0 unspecified atom stereocenters. The van der Waals surface area contributed by atoms with E-state index in [9.17, 15) is 8.42 Å². The maximum absolute atomic E-state index is 12.3. The van der Waals surface area contributed by atoms with Gasteiger partial charge in [0.15, 0.2) is 0 Å². The molecule has 1 aromatic heterocycles. The highest BCUT2D eigenvalue weighted by atomic mass is 79.9. The lowest BCUT2D eigenvalue weighted by Gasteiger charge is -2.10. The number of sulfonamides is 1. The number of benzene rings is 1. The third-order valence-electron chi connectivity index (χ3n) is 2.36. The van der Waals surface area contributed by atoms with Crippen molar-refractivity contribution in [3.05, 3.63) is 50.1 Å². The van der Waals surface area contributed by atoms with E-state index in [0.717, 1.165) is 10.0 Å². The number of halogens is 3. The molecule has 2 rings (SSSR count). The highest BCUT2D eigenvalue weighted by Gasteiger charge is 2.19. The normalized spacial score (nSPS) is 11.4. The molecule has 0 fully saturated rings. The van der Waals surface area contributed by atoms with Crippen LogP contribution in [0, 0.1) is 6.92 Å². The molecule has 20 heavy (non-hydrogen) atoms. The fraction of sp³-hybridized carbons (Fsp3) is 0.0833. The van der Waals surface area contributed by atoms with Crippen molar-refractivity contribution in [2.45, 2.75) is 11.8 Å². The zero-order valence-electron chi connectivity index (χ0n) is 10.2. The van der Waals surface area contributed by atoms with Crippen LogP contribution in [0.1, 0.15) is 5.56 Å². The summed E-state index contributed by atoms with van der Waals surface area (Å²) in [4.78, 5) is 3.73. The number of nitrogens with one attached hydrogen (secondary N) is 1. The van der Waals surface area contributed by atoms with E-state index in [0.29, 0.717) is 10.2 Å². The van der Waals surface area contributed by atoms with Crippen molar-refractivity contribution in [3.8, 4) is 0 Å². The lowest BCUT2D eigenvalue weighted by Crippen LogP contribution is -2.14. The van der Waals surface area contributed by atoms with Crippen molar-refractivity contribution in [2.24, 2.45) is 0 Å². The molecule has 0 amide bonds. The Hall–Kier alpha value is -0.630. The summed E-state index contributed by atoms with van der Waals surface area (Å²) in [6.07, 6.45) is 1.44. The molecule has 0 radical (unpaired) electrons. The average Bonchev–Trinajstić information content (AvgIpc) is 2.30. The van der Waals surface area contributed by atoms with Crippen LogP contribution in [0.2, 0.25) is 5.15 Å². The van der Waals surface area contributed by atoms with Crippen LogP contribution in [0.25, 0.3) is 0 Å². The fourth-order valence-corrected chi connectivity index (χ4v) is 4.19. The molecule has 4 nitrogen and oxygen atoms in total. The van der Waals surface area contributed by atoms with Gasteiger partial charge in [0.25, 0.3) is 10.0 Å². The first-order valence-electron chi connectivity index (χ1n) is 5.39. The van der Waals surface area contributed by atoms with Crippen molar-refractivity contribution in [3.63, 3.8) is 0 Å². The molecule has 0 aliphatic heterocycles. The Morgan fingerprint density at radius 2 is 1.85 bits per heavy atom. The second-order valence-electron chi connectivity index (χ2n) is 4.07. The van der Waals surface area contributed by atoms with Gasteiger partial charge in [-0.25, -0.2) is 13.4 Å². The quantitative estimate of drug-likeness (QED) is 0.721. The first kappa shape index (κ1) is 15.8. The Labute approximate surface area is 138 Å². The SMILES string of the molecule is Cc1cc(Br)cc(NS(=O)(=O)c2cc(Br)cnc2Cl)c1. The molecule has 1 heterocycles. The molecule has 0 bridgehead atoms.